The molecule has 7 heteroatoms. The topological polar surface area (TPSA) is 86.2 Å². The number of halogens is 1. The molecule has 1 fully saturated rings. The number of nitrogens with zero attached hydrogens (tertiary/aromatic N) is 3. The van der Waals surface area contributed by atoms with E-state index in [-0.39, 0.29) is 11.5 Å². The molecule has 0 bridgehead atoms. The lowest BCUT2D eigenvalue weighted by Crippen LogP contribution is -2.21. The molecule has 0 aliphatic carbocycles. The summed E-state index contributed by atoms with van der Waals surface area (Å²) in [6.07, 6.45) is 3.31. The monoisotopic (exact) mass is 366 g/mol. The normalized spacial score (nSPS) is 17.8. The quantitative estimate of drug-likeness (QED) is 0.809. The Morgan fingerprint density at radius 2 is 2.08 bits per heavy atom. The van der Waals surface area contributed by atoms with E-state index < -0.39 is 0 Å². The van der Waals surface area contributed by atoms with Crippen LogP contribution >= 0.6 is 11.6 Å². The molecular formula is C18H27ClN4O2. The minimum Gasteiger partial charge on any atom is -0.391 e. The lowest BCUT2D eigenvalue weighted by atomic mass is 9.92. The number of hydrogen-bond acceptors (Lipinski definition) is 5. The van der Waals surface area contributed by atoms with Crippen molar-refractivity contribution >= 4 is 17.4 Å². The first-order chi connectivity index (χ1) is 11.7. The zero-order chi connectivity index (χ0) is 18.6. The molecule has 138 valence electrons. The largest absolute Gasteiger partial charge is 0.391 e. The van der Waals surface area contributed by atoms with Gasteiger partial charge in [0.2, 0.25) is 0 Å². The molecule has 0 saturated carbocycles. The fourth-order valence-corrected chi connectivity index (χ4v) is 2.66. The number of nitrogen functional groups attached to an aromatic ring is 1. The number of nitrogens with two attached hydrogens (primary N) is 1. The first-order valence-electron chi connectivity index (χ1n) is 8.40. The van der Waals surface area contributed by atoms with Crippen molar-refractivity contribution in [3.63, 3.8) is 0 Å². The molecule has 1 aliphatic rings. The van der Waals surface area contributed by atoms with E-state index >= 15 is 0 Å². The highest BCUT2D eigenvalue weighted by atomic mass is 35.5. The minimum atomic E-state index is -0.186. The molecule has 0 spiro atoms. The van der Waals surface area contributed by atoms with Crippen molar-refractivity contribution in [3.8, 4) is 11.3 Å². The van der Waals surface area contributed by atoms with E-state index in [2.05, 4.69) is 30.9 Å². The Kier molecular flexibility index (Phi) is 6.43. The molecule has 25 heavy (non-hydrogen) atoms. The van der Waals surface area contributed by atoms with Crippen LogP contribution in [0.15, 0.2) is 18.3 Å². The Morgan fingerprint density at radius 3 is 2.56 bits per heavy atom. The van der Waals surface area contributed by atoms with Crippen molar-refractivity contribution in [2.75, 3.05) is 18.9 Å². The van der Waals surface area contributed by atoms with Crippen LogP contribution in [-0.4, -0.2) is 39.2 Å². The Hall–Kier alpha value is -1.63. The molecule has 0 aromatic carbocycles. The van der Waals surface area contributed by atoms with E-state index in [9.17, 15) is 0 Å². The SMILES string of the molecule is Cn1nc(C(C)(C)C)cc1-c1cc(N)ncc1Cl.OC1CCCOC1. The Balaban J connectivity index is 0.000000269. The molecule has 1 saturated heterocycles. The van der Waals surface area contributed by atoms with E-state index in [4.69, 9.17) is 27.2 Å². The van der Waals surface area contributed by atoms with Gasteiger partial charge in [-0.15, -0.1) is 0 Å². The van der Waals surface area contributed by atoms with E-state index in [0.717, 1.165) is 36.4 Å². The lowest BCUT2D eigenvalue weighted by molar-refractivity contribution is -0.00535. The van der Waals surface area contributed by atoms with Gasteiger partial charge in [0.25, 0.3) is 0 Å². The van der Waals surface area contributed by atoms with Gasteiger partial charge < -0.3 is 15.6 Å². The van der Waals surface area contributed by atoms with Gasteiger partial charge in [-0.3, -0.25) is 4.68 Å². The van der Waals surface area contributed by atoms with Gasteiger partial charge >= 0.3 is 0 Å². The van der Waals surface area contributed by atoms with E-state index in [0.29, 0.717) is 17.4 Å². The van der Waals surface area contributed by atoms with Gasteiger partial charge in [0, 0.05) is 30.8 Å². The maximum Gasteiger partial charge on any atom is 0.124 e. The lowest BCUT2D eigenvalue weighted by Gasteiger charge is -2.15. The molecule has 2 aromatic rings. The first-order valence-corrected chi connectivity index (χ1v) is 8.78. The van der Waals surface area contributed by atoms with Crippen LogP contribution in [0.3, 0.4) is 0 Å². The van der Waals surface area contributed by atoms with Crippen LogP contribution in [0.2, 0.25) is 5.02 Å². The third-order valence-corrected chi connectivity index (χ3v) is 4.24. The van der Waals surface area contributed by atoms with Gasteiger partial charge in [-0.2, -0.15) is 5.10 Å². The number of anilines is 1. The minimum absolute atomic E-state index is 0.00105. The maximum absolute atomic E-state index is 8.78. The van der Waals surface area contributed by atoms with Crippen LogP contribution in [0, 0.1) is 0 Å². The predicted molar refractivity (Wildman–Crippen MR) is 101 cm³/mol. The van der Waals surface area contributed by atoms with E-state index in [1.807, 2.05) is 17.8 Å². The second-order valence-corrected chi connectivity index (χ2v) is 7.66. The van der Waals surface area contributed by atoms with Crippen molar-refractivity contribution in [3.05, 3.63) is 29.0 Å². The summed E-state index contributed by atoms with van der Waals surface area (Å²) in [4.78, 5) is 3.97. The first kappa shape index (κ1) is 19.7. The summed E-state index contributed by atoms with van der Waals surface area (Å²) in [5.74, 6) is 0.452. The van der Waals surface area contributed by atoms with Crippen LogP contribution < -0.4 is 5.73 Å². The molecule has 2 aromatic heterocycles. The van der Waals surface area contributed by atoms with Gasteiger partial charge in [0.1, 0.15) is 5.82 Å². The number of aliphatic hydroxyl groups excluding tert-OH is 1. The average molecular weight is 367 g/mol. The zero-order valence-corrected chi connectivity index (χ0v) is 16.0. The van der Waals surface area contributed by atoms with Crippen LogP contribution in [0.1, 0.15) is 39.3 Å². The molecule has 3 N–H and O–H groups in total. The van der Waals surface area contributed by atoms with Crippen LogP contribution in [-0.2, 0) is 17.2 Å². The van der Waals surface area contributed by atoms with Crippen LogP contribution in [0.5, 0.6) is 0 Å². The van der Waals surface area contributed by atoms with Gasteiger partial charge in [0.15, 0.2) is 0 Å². The molecule has 3 heterocycles. The molecular weight excluding hydrogens is 340 g/mol. The maximum atomic E-state index is 8.78. The molecule has 1 atom stereocenters. The second-order valence-electron chi connectivity index (χ2n) is 7.25. The third-order valence-electron chi connectivity index (χ3n) is 3.94. The fraction of sp³-hybridized carbons (Fsp3) is 0.556. The number of pyridine rings is 1. The van der Waals surface area contributed by atoms with E-state index in [1.54, 1.807) is 12.3 Å². The summed E-state index contributed by atoms with van der Waals surface area (Å²) in [6, 6.07) is 3.81. The van der Waals surface area contributed by atoms with Crippen LogP contribution in [0.4, 0.5) is 5.82 Å². The number of ether oxygens (including phenoxy) is 1. The molecule has 1 unspecified atom stereocenters. The van der Waals surface area contributed by atoms with Crippen LogP contribution in [0.25, 0.3) is 11.3 Å². The van der Waals surface area contributed by atoms with Crippen molar-refractivity contribution in [2.24, 2.45) is 7.05 Å². The van der Waals surface area contributed by atoms with Gasteiger partial charge in [-0.1, -0.05) is 32.4 Å². The van der Waals surface area contributed by atoms with Crippen molar-refractivity contribution in [1.29, 1.82) is 0 Å². The van der Waals surface area contributed by atoms with E-state index in [1.165, 1.54) is 0 Å². The Bertz CT molecular complexity index is 704. The molecule has 3 rings (SSSR count). The number of aliphatic hydroxyl groups is 1. The molecule has 0 radical (unpaired) electrons. The number of aryl methyl sites for hydroxylation is 1. The highest BCUT2D eigenvalue weighted by Gasteiger charge is 2.20. The van der Waals surface area contributed by atoms with Gasteiger partial charge in [-0.25, -0.2) is 4.98 Å². The summed E-state index contributed by atoms with van der Waals surface area (Å²) >= 11 is 6.17. The number of rotatable bonds is 1. The number of aromatic nitrogens is 3. The number of hydrogen-bond donors (Lipinski definition) is 2. The third kappa shape index (κ3) is 5.42. The zero-order valence-electron chi connectivity index (χ0n) is 15.3. The molecule has 6 nitrogen and oxygen atoms in total. The highest BCUT2D eigenvalue weighted by molar-refractivity contribution is 6.33. The highest BCUT2D eigenvalue weighted by Crippen LogP contribution is 2.31. The summed E-state index contributed by atoms with van der Waals surface area (Å²) in [7, 11) is 1.90. The van der Waals surface area contributed by atoms with Crippen molar-refractivity contribution < 1.29 is 9.84 Å². The van der Waals surface area contributed by atoms with Gasteiger partial charge in [-0.05, 0) is 25.0 Å². The average Bonchev–Trinajstić information content (AvgIpc) is 2.93. The predicted octanol–water partition coefficient (Wildman–Crippen LogP) is 3.17. The smallest absolute Gasteiger partial charge is 0.124 e. The van der Waals surface area contributed by atoms with Crippen molar-refractivity contribution in [1.82, 2.24) is 14.8 Å². The second kappa shape index (κ2) is 8.17. The van der Waals surface area contributed by atoms with Crippen molar-refractivity contribution in [2.45, 2.75) is 45.1 Å². The summed E-state index contributed by atoms with van der Waals surface area (Å²) in [5, 5.41) is 13.9. The fourth-order valence-electron chi connectivity index (χ4n) is 2.46. The summed E-state index contributed by atoms with van der Waals surface area (Å²) in [5.41, 5.74) is 8.53. The molecule has 1 aliphatic heterocycles. The molecule has 0 amide bonds. The van der Waals surface area contributed by atoms with Gasteiger partial charge in [0.05, 0.1) is 29.1 Å². The Morgan fingerprint density at radius 1 is 1.36 bits per heavy atom. The Labute approximate surface area is 154 Å². The standard InChI is InChI=1S/C13H17ClN4.C5H10O2/c1-13(2,3)11-6-10(18(4)17-11)8-5-12(15)16-7-9(8)14;6-5-2-1-3-7-4-5/h5-7H,1-4H3,(H2,15,16);5-6H,1-4H2. The summed E-state index contributed by atoms with van der Waals surface area (Å²) in [6.45, 7) is 7.75. The summed E-state index contributed by atoms with van der Waals surface area (Å²) < 4.78 is 6.75.